The van der Waals surface area contributed by atoms with Gasteiger partial charge in [0.25, 0.3) is 5.91 Å². The lowest BCUT2D eigenvalue weighted by molar-refractivity contribution is 0.0913. The minimum Gasteiger partial charge on any atom is -0.455 e. The zero-order valence-electron chi connectivity index (χ0n) is 11.8. The fourth-order valence-electron chi connectivity index (χ4n) is 1.71. The van der Waals surface area contributed by atoms with Crippen molar-refractivity contribution in [3.8, 4) is 0 Å². The van der Waals surface area contributed by atoms with Crippen molar-refractivity contribution in [2.24, 2.45) is 0 Å². The van der Waals surface area contributed by atoms with E-state index in [0.717, 1.165) is 0 Å². The average molecular weight is 326 g/mol. The first-order valence-corrected chi connectivity index (χ1v) is 8.19. The summed E-state index contributed by atoms with van der Waals surface area (Å²) in [7, 11) is -1.24. The van der Waals surface area contributed by atoms with E-state index in [1.807, 2.05) is 13.8 Å². The maximum atomic E-state index is 12.2. The summed E-state index contributed by atoms with van der Waals surface area (Å²) in [6.45, 7) is 3.74. The first kappa shape index (κ1) is 15.8. The van der Waals surface area contributed by atoms with Crippen LogP contribution in [0, 0.1) is 0 Å². The number of hydrogen-bond acceptors (Lipinski definition) is 3. The fourth-order valence-corrected chi connectivity index (χ4v) is 2.86. The van der Waals surface area contributed by atoms with Crippen LogP contribution in [0.2, 0.25) is 5.02 Å². The van der Waals surface area contributed by atoms with Crippen molar-refractivity contribution in [1.29, 1.82) is 0 Å². The van der Waals surface area contributed by atoms with Gasteiger partial charge in [-0.25, -0.2) is 0 Å². The van der Waals surface area contributed by atoms with Crippen LogP contribution in [-0.2, 0) is 16.6 Å². The lowest BCUT2D eigenvalue weighted by Gasteiger charge is -2.05. The Hall–Kier alpha value is -1.59. The number of nitrogens with one attached hydrogen (secondary N) is 1. The summed E-state index contributed by atoms with van der Waals surface area (Å²) in [6, 6.07) is 10.1. The first-order valence-electron chi connectivity index (χ1n) is 6.49. The van der Waals surface area contributed by atoms with E-state index >= 15 is 0 Å². The summed E-state index contributed by atoms with van der Waals surface area (Å²) in [5.41, 5.74) is 0. The monoisotopic (exact) mass is 325 g/mol. The van der Waals surface area contributed by atoms with E-state index in [4.69, 9.17) is 16.0 Å². The summed E-state index contributed by atoms with van der Waals surface area (Å²) in [5, 5.41) is 3.34. The Morgan fingerprint density at radius 3 is 2.52 bits per heavy atom. The largest absolute Gasteiger partial charge is 0.455 e. The molecule has 0 saturated heterocycles. The molecule has 6 heteroatoms. The van der Waals surface area contributed by atoms with Gasteiger partial charge in [0, 0.05) is 16.0 Å². The molecule has 4 nitrogen and oxygen atoms in total. The van der Waals surface area contributed by atoms with Crippen LogP contribution in [0.5, 0.6) is 0 Å². The summed E-state index contributed by atoms with van der Waals surface area (Å²) < 4.78 is 17.6. The Kier molecular flexibility index (Phi) is 5.20. The van der Waals surface area contributed by atoms with E-state index < -0.39 is 10.8 Å². The fraction of sp³-hybridized carbons (Fsp3) is 0.267. The molecule has 0 saturated carbocycles. The predicted octanol–water partition coefficient (Wildman–Crippen LogP) is 3.38. The maximum Gasteiger partial charge on any atom is 0.287 e. The van der Waals surface area contributed by atoms with Crippen molar-refractivity contribution >= 4 is 28.3 Å². The van der Waals surface area contributed by atoms with Crippen molar-refractivity contribution in [1.82, 2.24) is 5.32 Å². The van der Waals surface area contributed by atoms with Gasteiger partial charge in [-0.2, -0.15) is 0 Å². The third-order valence-electron chi connectivity index (χ3n) is 2.66. The Bertz CT molecular complexity index is 649. The number of halogens is 1. The highest BCUT2D eigenvalue weighted by atomic mass is 35.5. The number of hydrogen-bond donors (Lipinski definition) is 1. The zero-order valence-corrected chi connectivity index (χ0v) is 13.3. The van der Waals surface area contributed by atoms with Crippen LogP contribution in [-0.4, -0.2) is 16.2 Å². The van der Waals surface area contributed by atoms with E-state index in [-0.39, 0.29) is 23.5 Å². The van der Waals surface area contributed by atoms with Crippen LogP contribution in [0.3, 0.4) is 0 Å². The number of carbonyl (C=O) groups is 1. The Morgan fingerprint density at radius 2 is 1.90 bits per heavy atom. The molecule has 0 fully saturated rings. The molecule has 0 aliphatic rings. The number of amides is 1. The predicted molar refractivity (Wildman–Crippen MR) is 82.9 cm³/mol. The zero-order chi connectivity index (χ0) is 15.4. The summed E-state index contributed by atoms with van der Waals surface area (Å²) >= 11 is 5.79. The molecule has 0 spiro atoms. The minimum atomic E-state index is -1.24. The van der Waals surface area contributed by atoms with E-state index in [2.05, 4.69) is 5.32 Å². The third kappa shape index (κ3) is 4.44. The topological polar surface area (TPSA) is 59.3 Å². The lowest BCUT2D eigenvalue weighted by Crippen LogP contribution is -2.29. The molecule has 1 amide bonds. The standard InChI is InChI=1S/C15H16ClNO3S/c1-10(2)17-15(18)14-8-5-12(20-14)9-21(19)13-6-3-11(16)4-7-13/h3-8,10H,9H2,1-2H3,(H,17,18)/t21-/m0/s1. The summed E-state index contributed by atoms with van der Waals surface area (Å²) in [6.07, 6.45) is 0. The van der Waals surface area contributed by atoms with Crippen molar-refractivity contribution in [2.75, 3.05) is 0 Å². The second-order valence-corrected chi connectivity index (χ2v) is 6.73. The molecule has 0 radical (unpaired) electrons. The van der Waals surface area contributed by atoms with E-state index in [9.17, 15) is 9.00 Å². The minimum absolute atomic E-state index is 0.0363. The molecule has 112 valence electrons. The normalized spacial score (nSPS) is 12.4. The molecule has 0 aliphatic carbocycles. The smallest absolute Gasteiger partial charge is 0.287 e. The highest BCUT2D eigenvalue weighted by molar-refractivity contribution is 7.84. The highest BCUT2D eigenvalue weighted by Crippen LogP contribution is 2.17. The van der Waals surface area contributed by atoms with Crippen LogP contribution in [0.4, 0.5) is 0 Å². The van der Waals surface area contributed by atoms with Gasteiger partial charge < -0.3 is 9.73 Å². The summed E-state index contributed by atoms with van der Waals surface area (Å²) in [5.74, 6) is 0.689. The molecule has 0 unspecified atom stereocenters. The molecule has 2 rings (SSSR count). The maximum absolute atomic E-state index is 12.2. The number of furan rings is 1. The second-order valence-electron chi connectivity index (χ2n) is 4.84. The van der Waals surface area contributed by atoms with Crippen molar-refractivity contribution in [2.45, 2.75) is 30.5 Å². The van der Waals surface area contributed by atoms with Gasteiger partial charge >= 0.3 is 0 Å². The van der Waals surface area contributed by atoms with Crippen LogP contribution in [0.25, 0.3) is 0 Å². The van der Waals surface area contributed by atoms with Crippen molar-refractivity contribution < 1.29 is 13.4 Å². The van der Waals surface area contributed by atoms with Crippen molar-refractivity contribution in [3.63, 3.8) is 0 Å². The first-order chi connectivity index (χ1) is 9.95. The molecule has 2 aromatic rings. The van der Waals surface area contributed by atoms with Crippen LogP contribution in [0.15, 0.2) is 45.7 Å². The summed E-state index contributed by atoms with van der Waals surface area (Å²) in [4.78, 5) is 12.4. The number of benzene rings is 1. The molecule has 1 aromatic heterocycles. The van der Waals surface area contributed by atoms with Crippen LogP contribution >= 0.6 is 11.6 Å². The van der Waals surface area contributed by atoms with Gasteiger partial charge in [-0.3, -0.25) is 9.00 Å². The van der Waals surface area contributed by atoms with Gasteiger partial charge in [0.05, 0.1) is 16.6 Å². The SMILES string of the molecule is CC(C)NC(=O)c1ccc(C[S@](=O)c2ccc(Cl)cc2)o1. The molecule has 1 heterocycles. The van der Waals surface area contributed by atoms with Crippen LogP contribution < -0.4 is 5.32 Å². The molecular weight excluding hydrogens is 310 g/mol. The van der Waals surface area contributed by atoms with Gasteiger partial charge in [0.15, 0.2) is 5.76 Å². The van der Waals surface area contributed by atoms with E-state index in [1.165, 1.54) is 0 Å². The molecule has 21 heavy (non-hydrogen) atoms. The molecule has 0 aliphatic heterocycles. The average Bonchev–Trinajstić information content (AvgIpc) is 2.87. The second kappa shape index (κ2) is 6.91. The Morgan fingerprint density at radius 1 is 1.24 bits per heavy atom. The van der Waals surface area contributed by atoms with E-state index in [0.29, 0.717) is 15.7 Å². The van der Waals surface area contributed by atoms with Gasteiger partial charge in [-0.15, -0.1) is 0 Å². The van der Waals surface area contributed by atoms with Gasteiger partial charge in [-0.05, 0) is 50.2 Å². The number of carbonyl (C=O) groups excluding carboxylic acids is 1. The van der Waals surface area contributed by atoms with Gasteiger partial charge in [0.2, 0.25) is 0 Å². The molecule has 0 bridgehead atoms. The lowest BCUT2D eigenvalue weighted by atomic mass is 10.3. The Balaban J connectivity index is 2.03. The highest BCUT2D eigenvalue weighted by Gasteiger charge is 2.14. The van der Waals surface area contributed by atoms with Crippen molar-refractivity contribution in [3.05, 3.63) is 52.9 Å². The van der Waals surface area contributed by atoms with Gasteiger partial charge in [0.1, 0.15) is 5.76 Å². The van der Waals surface area contributed by atoms with Gasteiger partial charge in [-0.1, -0.05) is 11.6 Å². The number of rotatable bonds is 5. The van der Waals surface area contributed by atoms with E-state index in [1.54, 1.807) is 36.4 Å². The molecule has 1 atom stereocenters. The third-order valence-corrected chi connectivity index (χ3v) is 4.25. The molecular formula is C15H16ClNO3S. The molecule has 1 aromatic carbocycles. The quantitative estimate of drug-likeness (QED) is 0.916. The van der Waals surface area contributed by atoms with Crippen LogP contribution in [0.1, 0.15) is 30.2 Å². The molecule has 1 N–H and O–H groups in total. The Labute approximate surface area is 130 Å².